The summed E-state index contributed by atoms with van der Waals surface area (Å²) in [5, 5.41) is 0.688. The van der Waals surface area contributed by atoms with E-state index >= 15 is 0 Å². The monoisotopic (exact) mass is 351 g/mol. The number of nitrogens with zero attached hydrogens (tertiary/aromatic N) is 1. The Hall–Kier alpha value is -2.72. The van der Waals surface area contributed by atoms with E-state index in [4.69, 9.17) is 21.1 Å². The number of hydrogen-bond acceptors (Lipinski definition) is 3. The summed E-state index contributed by atoms with van der Waals surface area (Å²) < 4.78 is 13.0. The Morgan fingerprint density at radius 1 is 1.04 bits per heavy atom. The summed E-state index contributed by atoms with van der Waals surface area (Å²) in [5.41, 5.74) is 3.66. The number of hydrogen-bond donors (Lipinski definition) is 0. The van der Waals surface area contributed by atoms with Gasteiger partial charge in [-0.1, -0.05) is 23.7 Å². The average Bonchev–Trinajstić information content (AvgIpc) is 3.25. The van der Waals surface area contributed by atoms with Crippen LogP contribution in [0.25, 0.3) is 5.69 Å². The van der Waals surface area contributed by atoms with Crippen LogP contribution in [0.15, 0.2) is 54.7 Å². The molecule has 2 aliphatic rings. The van der Waals surface area contributed by atoms with E-state index in [1.54, 1.807) is 6.07 Å². The number of carbonyl (C=O) groups excluding carboxylic acids is 1. The third kappa shape index (κ3) is 2.25. The number of rotatable bonds is 1. The van der Waals surface area contributed by atoms with E-state index < -0.39 is 0 Å². The topological polar surface area (TPSA) is 40.5 Å². The summed E-state index contributed by atoms with van der Waals surface area (Å²) >= 11 is 6.02. The summed E-state index contributed by atoms with van der Waals surface area (Å²) in [7, 11) is 0. The van der Waals surface area contributed by atoms with Gasteiger partial charge in [-0.25, -0.2) is 0 Å². The normalized spacial score (nSPS) is 17.8. The third-order valence-electron chi connectivity index (χ3n) is 4.85. The van der Waals surface area contributed by atoms with E-state index in [0.717, 1.165) is 16.9 Å². The zero-order valence-electron chi connectivity index (χ0n) is 13.2. The van der Waals surface area contributed by atoms with E-state index in [1.807, 2.05) is 42.6 Å². The first kappa shape index (κ1) is 14.6. The number of Topliss-reactive ketones (excluding diaryl/α,β-unsaturated/α-hetero) is 1. The fourth-order valence-electron chi connectivity index (χ4n) is 3.63. The van der Waals surface area contributed by atoms with Gasteiger partial charge in [-0.2, -0.15) is 0 Å². The number of ether oxygens (including phenoxy) is 2. The molecule has 1 unspecified atom stereocenters. The van der Waals surface area contributed by atoms with Crippen molar-refractivity contribution in [2.45, 2.75) is 12.3 Å². The van der Waals surface area contributed by atoms with Crippen molar-refractivity contribution in [1.82, 2.24) is 4.57 Å². The minimum atomic E-state index is -0.0242. The fourth-order valence-corrected chi connectivity index (χ4v) is 3.76. The van der Waals surface area contributed by atoms with Crippen LogP contribution < -0.4 is 9.47 Å². The fraction of sp³-hybridized carbons (Fsp3) is 0.150. The van der Waals surface area contributed by atoms with Crippen molar-refractivity contribution in [3.05, 3.63) is 76.6 Å². The predicted molar refractivity (Wildman–Crippen MR) is 94.1 cm³/mol. The molecule has 3 aromatic rings. The van der Waals surface area contributed by atoms with Gasteiger partial charge in [-0.3, -0.25) is 4.79 Å². The molecule has 0 spiro atoms. The second-order valence-electron chi connectivity index (χ2n) is 6.26. The van der Waals surface area contributed by atoms with Crippen molar-refractivity contribution in [2.75, 3.05) is 6.79 Å². The van der Waals surface area contributed by atoms with Crippen LogP contribution in [0.4, 0.5) is 0 Å². The minimum absolute atomic E-state index is 0.0242. The molecule has 3 heterocycles. The maximum atomic E-state index is 13.0. The molecule has 0 fully saturated rings. The molecule has 4 nitrogen and oxygen atoms in total. The molecule has 124 valence electrons. The minimum Gasteiger partial charge on any atom is -0.454 e. The zero-order valence-corrected chi connectivity index (χ0v) is 14.0. The highest BCUT2D eigenvalue weighted by Crippen LogP contribution is 2.41. The van der Waals surface area contributed by atoms with Crippen LogP contribution in [0.1, 0.15) is 34.0 Å². The maximum absolute atomic E-state index is 13.0. The smallest absolute Gasteiger partial charge is 0.231 e. The van der Waals surface area contributed by atoms with E-state index in [9.17, 15) is 4.79 Å². The van der Waals surface area contributed by atoms with E-state index in [-0.39, 0.29) is 18.5 Å². The molecular weight excluding hydrogens is 338 g/mol. The molecule has 0 bridgehead atoms. The highest BCUT2D eigenvalue weighted by atomic mass is 35.5. The Morgan fingerprint density at radius 2 is 1.80 bits per heavy atom. The van der Waals surface area contributed by atoms with Crippen LogP contribution in [-0.2, 0) is 0 Å². The number of aromatic nitrogens is 1. The molecule has 2 aromatic carbocycles. The van der Waals surface area contributed by atoms with Crippen LogP contribution in [0, 0.1) is 0 Å². The Bertz CT molecular complexity index is 991. The van der Waals surface area contributed by atoms with Crippen LogP contribution >= 0.6 is 11.6 Å². The predicted octanol–water partition coefficient (Wildman–Crippen LogP) is 4.58. The molecule has 0 aliphatic carbocycles. The number of benzene rings is 2. The van der Waals surface area contributed by atoms with Gasteiger partial charge in [0.05, 0.1) is 5.69 Å². The quantitative estimate of drug-likeness (QED) is 0.644. The largest absolute Gasteiger partial charge is 0.454 e. The Morgan fingerprint density at radius 3 is 2.60 bits per heavy atom. The SMILES string of the molecule is O=C1CC(c2ccc(Cl)cc2)c2cccn2-c2cc3c(cc21)OCO3. The number of halogens is 1. The molecule has 1 aromatic heterocycles. The maximum Gasteiger partial charge on any atom is 0.231 e. The van der Waals surface area contributed by atoms with Crippen LogP contribution in [0.3, 0.4) is 0 Å². The molecule has 1 atom stereocenters. The van der Waals surface area contributed by atoms with Crippen molar-refractivity contribution in [1.29, 1.82) is 0 Å². The van der Waals surface area contributed by atoms with Gasteiger partial charge in [0, 0.05) is 40.9 Å². The summed E-state index contributed by atoms with van der Waals surface area (Å²) in [6, 6.07) is 15.5. The van der Waals surface area contributed by atoms with Crippen molar-refractivity contribution in [3.63, 3.8) is 0 Å². The van der Waals surface area contributed by atoms with Crippen molar-refractivity contribution in [3.8, 4) is 17.2 Å². The van der Waals surface area contributed by atoms with Gasteiger partial charge in [0.15, 0.2) is 17.3 Å². The average molecular weight is 352 g/mol. The van der Waals surface area contributed by atoms with Gasteiger partial charge < -0.3 is 14.0 Å². The lowest BCUT2D eigenvalue weighted by Gasteiger charge is -2.16. The Kier molecular flexibility index (Phi) is 3.15. The molecule has 0 saturated carbocycles. The molecule has 0 amide bonds. The highest BCUT2D eigenvalue weighted by Gasteiger charge is 2.30. The van der Waals surface area contributed by atoms with Gasteiger partial charge in [0.25, 0.3) is 0 Å². The number of fused-ring (bicyclic) bond motifs is 4. The first-order valence-corrected chi connectivity index (χ1v) is 8.48. The van der Waals surface area contributed by atoms with Gasteiger partial charge in [-0.15, -0.1) is 0 Å². The lowest BCUT2D eigenvalue weighted by atomic mass is 9.90. The van der Waals surface area contributed by atoms with E-state index in [2.05, 4.69) is 10.6 Å². The van der Waals surface area contributed by atoms with Crippen molar-refractivity contribution < 1.29 is 14.3 Å². The standard InChI is InChI=1S/C20H14ClNO3/c21-13-5-3-12(4-6-13)14-8-18(23)15-9-19-20(25-11-24-19)10-17(15)22-7-1-2-16(14)22/h1-7,9-10,14H,8,11H2. The molecule has 0 saturated heterocycles. The molecule has 25 heavy (non-hydrogen) atoms. The lowest BCUT2D eigenvalue weighted by Crippen LogP contribution is -2.07. The highest BCUT2D eigenvalue weighted by molar-refractivity contribution is 6.30. The summed E-state index contributed by atoms with van der Waals surface area (Å²) in [5.74, 6) is 1.38. The Balaban J connectivity index is 1.70. The second kappa shape index (κ2) is 5.39. The van der Waals surface area contributed by atoms with Crippen molar-refractivity contribution in [2.24, 2.45) is 0 Å². The van der Waals surface area contributed by atoms with Crippen LogP contribution in [0.5, 0.6) is 11.5 Å². The summed E-state index contributed by atoms with van der Waals surface area (Å²) in [6.07, 6.45) is 2.39. The van der Waals surface area contributed by atoms with E-state index in [0.29, 0.717) is 28.5 Å². The third-order valence-corrected chi connectivity index (χ3v) is 5.10. The first-order valence-electron chi connectivity index (χ1n) is 8.10. The first-order chi connectivity index (χ1) is 12.2. The molecular formula is C20H14ClNO3. The van der Waals surface area contributed by atoms with Crippen LogP contribution in [-0.4, -0.2) is 17.1 Å². The molecule has 0 radical (unpaired) electrons. The Labute approximate surface area is 149 Å². The van der Waals surface area contributed by atoms with Gasteiger partial charge >= 0.3 is 0 Å². The number of carbonyl (C=O) groups is 1. The lowest BCUT2D eigenvalue weighted by molar-refractivity contribution is 0.0979. The zero-order chi connectivity index (χ0) is 17.0. The molecule has 5 heteroatoms. The number of ketones is 1. The van der Waals surface area contributed by atoms with Gasteiger partial charge in [0.1, 0.15) is 0 Å². The summed E-state index contributed by atoms with van der Waals surface area (Å²) in [4.78, 5) is 13.0. The van der Waals surface area contributed by atoms with Gasteiger partial charge in [0.2, 0.25) is 6.79 Å². The van der Waals surface area contributed by atoms with Crippen LogP contribution in [0.2, 0.25) is 5.02 Å². The molecule has 2 aliphatic heterocycles. The molecule has 0 N–H and O–H groups in total. The van der Waals surface area contributed by atoms with E-state index in [1.165, 1.54) is 0 Å². The molecule has 5 rings (SSSR count). The van der Waals surface area contributed by atoms with Gasteiger partial charge in [-0.05, 0) is 35.9 Å². The summed E-state index contributed by atoms with van der Waals surface area (Å²) in [6.45, 7) is 0.193. The van der Waals surface area contributed by atoms with Crippen molar-refractivity contribution >= 4 is 17.4 Å². The second-order valence-corrected chi connectivity index (χ2v) is 6.69.